The molecular weight excluding hydrogens is 411 g/mol. The van der Waals surface area contributed by atoms with E-state index in [0.29, 0.717) is 23.6 Å². The summed E-state index contributed by atoms with van der Waals surface area (Å²) in [7, 11) is -1.22. The molecule has 4 aromatic rings. The zero-order chi connectivity index (χ0) is 22.0. The second-order valence-electron chi connectivity index (χ2n) is 8.69. The zero-order valence-electron chi connectivity index (χ0n) is 17.9. The van der Waals surface area contributed by atoms with Gasteiger partial charge in [-0.15, -0.1) is 0 Å². The van der Waals surface area contributed by atoms with Crippen molar-refractivity contribution >= 4 is 20.0 Å². The summed E-state index contributed by atoms with van der Waals surface area (Å²) >= 11 is 0. The molecule has 0 aliphatic heterocycles. The molecule has 160 valence electrons. The van der Waals surface area contributed by atoms with E-state index in [9.17, 15) is 9.18 Å². The van der Waals surface area contributed by atoms with Crippen LogP contribution < -0.4 is 0 Å². The van der Waals surface area contributed by atoms with Crippen LogP contribution in [0.5, 0.6) is 0 Å². The number of rotatable bonds is 8. The second-order valence-corrected chi connectivity index (χ2v) is 14.3. The summed E-state index contributed by atoms with van der Waals surface area (Å²) in [5.74, 6) is -0.324. The number of carbonyl (C=O) groups is 1. The highest BCUT2D eigenvalue weighted by Crippen LogP contribution is 2.34. The number of benzene rings is 1. The zero-order valence-corrected chi connectivity index (χ0v) is 18.9. The minimum Gasteiger partial charge on any atom is -0.360 e. The van der Waals surface area contributed by atoms with Crippen molar-refractivity contribution in [1.82, 2.24) is 19.2 Å². The van der Waals surface area contributed by atoms with Gasteiger partial charge in [0.1, 0.15) is 29.6 Å². The molecular formula is C23H25FN4O2Si. The number of nitrogens with zero attached hydrogens (tertiary/aromatic N) is 4. The largest absolute Gasteiger partial charge is 0.360 e. The highest BCUT2D eigenvalue weighted by molar-refractivity contribution is 6.76. The molecule has 0 aliphatic rings. The summed E-state index contributed by atoms with van der Waals surface area (Å²) < 4.78 is 22.8. The fraction of sp³-hybridized carbons (Fsp3) is 0.261. The summed E-state index contributed by atoms with van der Waals surface area (Å²) in [6.07, 6.45) is 6.28. The van der Waals surface area contributed by atoms with E-state index in [-0.39, 0.29) is 12.5 Å². The molecule has 0 saturated carbocycles. The van der Waals surface area contributed by atoms with Crippen LogP contribution in [0, 0.1) is 5.82 Å². The molecule has 3 aromatic heterocycles. The van der Waals surface area contributed by atoms with Crippen LogP contribution in [-0.4, -0.2) is 40.1 Å². The minimum atomic E-state index is -1.22. The molecule has 0 radical (unpaired) electrons. The SMILES string of the molecule is C[Si](C)(C)CCOCn1nc(-c2ccc(F)cc2)c(-c2ccc3nccn3c2)c1C=O. The first-order valence-corrected chi connectivity index (χ1v) is 13.9. The van der Waals surface area contributed by atoms with Gasteiger partial charge in [-0.25, -0.2) is 14.1 Å². The lowest BCUT2D eigenvalue weighted by Gasteiger charge is -2.15. The standard InChI is InChI=1S/C23H25FN4O2Si/c1-31(2,3)13-12-30-16-28-20(15-29)22(18-6-9-21-25-10-11-27(21)14-18)23(26-28)17-4-7-19(24)8-5-17/h4-11,14-15H,12-13,16H2,1-3H3. The lowest BCUT2D eigenvalue weighted by molar-refractivity contribution is 0.0755. The Bertz CT molecular complexity index is 1210. The first kappa shape index (κ1) is 21.1. The molecule has 0 saturated heterocycles. The Morgan fingerprint density at radius 1 is 1.10 bits per heavy atom. The van der Waals surface area contributed by atoms with Crippen molar-refractivity contribution in [2.45, 2.75) is 32.4 Å². The smallest absolute Gasteiger partial charge is 0.168 e. The van der Waals surface area contributed by atoms with Crippen LogP contribution >= 0.6 is 0 Å². The number of ether oxygens (including phenoxy) is 1. The first-order chi connectivity index (χ1) is 14.9. The molecule has 4 rings (SSSR count). The van der Waals surface area contributed by atoms with Gasteiger partial charge in [-0.1, -0.05) is 19.6 Å². The van der Waals surface area contributed by atoms with Gasteiger partial charge in [0.25, 0.3) is 0 Å². The number of hydrogen-bond acceptors (Lipinski definition) is 4. The minimum absolute atomic E-state index is 0.181. The number of aromatic nitrogens is 4. The summed E-state index contributed by atoms with van der Waals surface area (Å²) in [4.78, 5) is 16.4. The van der Waals surface area contributed by atoms with Gasteiger partial charge in [0.05, 0.1) is 0 Å². The van der Waals surface area contributed by atoms with Gasteiger partial charge in [0.15, 0.2) is 6.29 Å². The van der Waals surface area contributed by atoms with Gasteiger partial charge in [-0.2, -0.15) is 5.10 Å². The van der Waals surface area contributed by atoms with E-state index in [1.165, 1.54) is 12.1 Å². The van der Waals surface area contributed by atoms with Crippen molar-refractivity contribution in [2.24, 2.45) is 0 Å². The summed E-state index contributed by atoms with van der Waals surface area (Å²) in [6, 6.07) is 10.9. The summed E-state index contributed by atoms with van der Waals surface area (Å²) in [5, 5.41) is 4.68. The average molecular weight is 437 g/mol. The van der Waals surface area contributed by atoms with Gasteiger partial charge in [0.2, 0.25) is 0 Å². The van der Waals surface area contributed by atoms with Crippen LogP contribution in [0.2, 0.25) is 25.7 Å². The number of fused-ring (bicyclic) bond motifs is 1. The molecule has 6 nitrogen and oxygen atoms in total. The fourth-order valence-corrected chi connectivity index (χ4v) is 4.14. The van der Waals surface area contributed by atoms with Gasteiger partial charge in [-0.3, -0.25) is 4.79 Å². The van der Waals surface area contributed by atoms with Crippen molar-refractivity contribution < 1.29 is 13.9 Å². The van der Waals surface area contributed by atoms with Crippen LogP contribution in [0.4, 0.5) is 4.39 Å². The van der Waals surface area contributed by atoms with Crippen LogP contribution in [0.15, 0.2) is 55.0 Å². The fourth-order valence-electron chi connectivity index (χ4n) is 3.38. The molecule has 8 heteroatoms. The lowest BCUT2D eigenvalue weighted by atomic mass is 10.0. The number of hydrogen-bond donors (Lipinski definition) is 0. The quantitative estimate of drug-likeness (QED) is 0.218. The van der Waals surface area contributed by atoms with Crippen molar-refractivity contribution in [3.63, 3.8) is 0 Å². The predicted molar refractivity (Wildman–Crippen MR) is 121 cm³/mol. The summed E-state index contributed by atoms with van der Waals surface area (Å²) in [6.45, 7) is 7.67. The molecule has 0 spiro atoms. The molecule has 1 aromatic carbocycles. The van der Waals surface area contributed by atoms with Crippen molar-refractivity contribution in [3.8, 4) is 22.4 Å². The molecule has 0 bridgehead atoms. The third kappa shape index (κ3) is 4.65. The van der Waals surface area contributed by atoms with E-state index >= 15 is 0 Å². The number of halogens is 1. The van der Waals surface area contributed by atoms with Crippen LogP contribution in [0.1, 0.15) is 10.5 Å². The second kappa shape index (κ2) is 8.56. The van der Waals surface area contributed by atoms with Crippen LogP contribution in [0.25, 0.3) is 28.0 Å². The van der Waals surface area contributed by atoms with Gasteiger partial charge in [-0.05, 0) is 42.4 Å². The molecule has 0 N–H and O–H groups in total. The van der Waals surface area contributed by atoms with Crippen LogP contribution in [0.3, 0.4) is 0 Å². The van der Waals surface area contributed by atoms with Gasteiger partial charge < -0.3 is 9.14 Å². The maximum absolute atomic E-state index is 13.5. The number of imidazole rings is 1. The molecule has 0 amide bonds. The third-order valence-corrected chi connectivity index (χ3v) is 6.81. The highest BCUT2D eigenvalue weighted by Gasteiger charge is 2.21. The lowest BCUT2D eigenvalue weighted by Crippen LogP contribution is -2.22. The number of aldehydes is 1. The van der Waals surface area contributed by atoms with E-state index in [1.807, 2.05) is 28.9 Å². The number of carbonyl (C=O) groups excluding carboxylic acids is 1. The predicted octanol–water partition coefficient (Wildman–Crippen LogP) is 5.13. The van der Waals surface area contributed by atoms with Crippen molar-refractivity contribution in [2.75, 3.05) is 6.61 Å². The van der Waals surface area contributed by atoms with Crippen LogP contribution in [-0.2, 0) is 11.5 Å². The Labute approximate surface area is 181 Å². The van der Waals surface area contributed by atoms with E-state index in [1.54, 1.807) is 23.0 Å². The van der Waals surface area contributed by atoms with Crippen molar-refractivity contribution in [3.05, 3.63) is 66.5 Å². The average Bonchev–Trinajstić information content (AvgIpc) is 3.34. The van der Waals surface area contributed by atoms with Crippen molar-refractivity contribution in [1.29, 1.82) is 0 Å². The molecule has 0 aliphatic carbocycles. The maximum atomic E-state index is 13.5. The normalized spacial score (nSPS) is 11.9. The van der Waals surface area contributed by atoms with E-state index in [4.69, 9.17) is 4.74 Å². The van der Waals surface area contributed by atoms with E-state index in [0.717, 1.165) is 29.1 Å². The Morgan fingerprint density at radius 3 is 2.55 bits per heavy atom. The molecule has 3 heterocycles. The molecule has 0 atom stereocenters. The Hall–Kier alpha value is -3.10. The van der Waals surface area contributed by atoms with E-state index in [2.05, 4.69) is 29.7 Å². The topological polar surface area (TPSA) is 61.4 Å². The highest BCUT2D eigenvalue weighted by atomic mass is 28.3. The molecule has 0 fully saturated rings. The monoisotopic (exact) mass is 436 g/mol. The summed E-state index contributed by atoms with van der Waals surface area (Å²) in [5.41, 5.74) is 4.07. The Kier molecular flexibility index (Phi) is 5.84. The Balaban J connectivity index is 1.77. The molecule has 0 unspecified atom stereocenters. The number of pyridine rings is 1. The van der Waals surface area contributed by atoms with Gasteiger partial charge in [0, 0.05) is 50.0 Å². The maximum Gasteiger partial charge on any atom is 0.168 e. The van der Waals surface area contributed by atoms with E-state index < -0.39 is 8.07 Å². The Morgan fingerprint density at radius 2 is 1.84 bits per heavy atom. The van der Waals surface area contributed by atoms with Gasteiger partial charge >= 0.3 is 0 Å². The third-order valence-electron chi connectivity index (χ3n) is 5.11. The molecule has 31 heavy (non-hydrogen) atoms. The first-order valence-electron chi connectivity index (χ1n) is 10.2.